The number of rotatable bonds is 9. The van der Waals surface area contributed by atoms with E-state index >= 15 is 0 Å². The molecule has 168 valence electrons. The van der Waals surface area contributed by atoms with Gasteiger partial charge in [0.05, 0.1) is 37.4 Å². The fourth-order valence-electron chi connectivity index (χ4n) is 4.06. The van der Waals surface area contributed by atoms with Gasteiger partial charge in [-0.3, -0.25) is 14.4 Å². The van der Waals surface area contributed by atoms with Crippen molar-refractivity contribution < 1.29 is 29.0 Å². The van der Waals surface area contributed by atoms with E-state index in [2.05, 4.69) is 5.32 Å². The summed E-state index contributed by atoms with van der Waals surface area (Å²) in [5, 5.41) is 12.4. The van der Waals surface area contributed by atoms with Crippen LogP contribution in [0.25, 0.3) is 0 Å². The SMILES string of the molecule is CCOc1cc(C(CC(=O)O)N2Cc3cccc(NC(=O)C4CC4)c3C2=O)ccc1OC. The molecule has 2 N–H and O–H groups in total. The first kappa shape index (κ1) is 21.7. The van der Waals surface area contributed by atoms with Crippen LogP contribution in [0.4, 0.5) is 5.69 Å². The number of hydrogen-bond acceptors (Lipinski definition) is 5. The van der Waals surface area contributed by atoms with Gasteiger partial charge in [0.15, 0.2) is 11.5 Å². The molecule has 1 saturated carbocycles. The highest BCUT2D eigenvalue weighted by molar-refractivity contribution is 6.07. The summed E-state index contributed by atoms with van der Waals surface area (Å²) in [6.07, 6.45) is 1.46. The second kappa shape index (κ2) is 8.90. The number of anilines is 1. The van der Waals surface area contributed by atoms with E-state index in [1.165, 1.54) is 7.11 Å². The minimum absolute atomic E-state index is 0.00880. The first-order valence-electron chi connectivity index (χ1n) is 10.7. The van der Waals surface area contributed by atoms with Gasteiger partial charge in [0.25, 0.3) is 5.91 Å². The molecule has 4 rings (SSSR count). The van der Waals surface area contributed by atoms with Crippen LogP contribution in [-0.2, 0) is 16.1 Å². The molecule has 0 bridgehead atoms. The number of carboxylic acids is 1. The lowest BCUT2D eigenvalue weighted by Crippen LogP contribution is -2.31. The lowest BCUT2D eigenvalue weighted by atomic mass is 10.0. The molecule has 8 heteroatoms. The highest BCUT2D eigenvalue weighted by Crippen LogP contribution is 2.40. The Hall–Kier alpha value is -3.55. The molecule has 2 amide bonds. The summed E-state index contributed by atoms with van der Waals surface area (Å²) in [5.74, 6) is -0.366. The molecule has 1 atom stereocenters. The van der Waals surface area contributed by atoms with Crippen LogP contribution >= 0.6 is 0 Å². The lowest BCUT2D eigenvalue weighted by molar-refractivity contribution is -0.138. The number of carbonyl (C=O) groups excluding carboxylic acids is 2. The summed E-state index contributed by atoms with van der Waals surface area (Å²) in [6, 6.07) is 9.83. The summed E-state index contributed by atoms with van der Waals surface area (Å²) >= 11 is 0. The van der Waals surface area contributed by atoms with Gasteiger partial charge in [-0.05, 0) is 49.1 Å². The van der Waals surface area contributed by atoms with E-state index in [0.717, 1.165) is 18.4 Å². The van der Waals surface area contributed by atoms with Crippen LogP contribution in [0.15, 0.2) is 36.4 Å². The number of fused-ring (bicyclic) bond motifs is 1. The van der Waals surface area contributed by atoms with Gasteiger partial charge in [-0.1, -0.05) is 18.2 Å². The van der Waals surface area contributed by atoms with Crippen molar-refractivity contribution in [3.63, 3.8) is 0 Å². The highest BCUT2D eigenvalue weighted by atomic mass is 16.5. The van der Waals surface area contributed by atoms with Crippen molar-refractivity contribution in [2.45, 2.75) is 38.8 Å². The fraction of sp³-hybridized carbons (Fsp3) is 0.375. The number of ether oxygens (including phenoxy) is 2. The Morgan fingerprint density at radius 2 is 2.00 bits per heavy atom. The molecule has 0 radical (unpaired) electrons. The van der Waals surface area contributed by atoms with Crippen molar-refractivity contribution in [1.29, 1.82) is 0 Å². The molecule has 2 aromatic carbocycles. The molecule has 0 aromatic heterocycles. The molecule has 32 heavy (non-hydrogen) atoms. The largest absolute Gasteiger partial charge is 0.493 e. The smallest absolute Gasteiger partial charge is 0.305 e. The van der Waals surface area contributed by atoms with Crippen LogP contribution in [0, 0.1) is 5.92 Å². The van der Waals surface area contributed by atoms with Crippen molar-refractivity contribution in [3.05, 3.63) is 53.1 Å². The summed E-state index contributed by atoms with van der Waals surface area (Å²) in [4.78, 5) is 39.0. The Morgan fingerprint density at radius 3 is 2.66 bits per heavy atom. The topological polar surface area (TPSA) is 105 Å². The monoisotopic (exact) mass is 438 g/mol. The number of hydrogen-bond donors (Lipinski definition) is 2. The van der Waals surface area contributed by atoms with E-state index in [4.69, 9.17) is 9.47 Å². The van der Waals surface area contributed by atoms with Gasteiger partial charge < -0.3 is 24.8 Å². The predicted molar refractivity (Wildman–Crippen MR) is 117 cm³/mol. The molecule has 0 spiro atoms. The summed E-state index contributed by atoms with van der Waals surface area (Å²) in [7, 11) is 1.53. The number of methoxy groups -OCH3 is 1. The molecule has 1 unspecified atom stereocenters. The van der Waals surface area contributed by atoms with E-state index < -0.39 is 12.0 Å². The second-order valence-electron chi connectivity index (χ2n) is 7.99. The zero-order valence-electron chi connectivity index (χ0n) is 18.1. The Labute approximate surface area is 186 Å². The molecule has 1 fully saturated rings. The van der Waals surface area contributed by atoms with Crippen LogP contribution in [0.5, 0.6) is 11.5 Å². The van der Waals surface area contributed by atoms with Gasteiger partial charge in [0.1, 0.15) is 0 Å². The molecule has 2 aliphatic rings. The third-order valence-corrected chi connectivity index (χ3v) is 5.79. The van der Waals surface area contributed by atoms with Crippen molar-refractivity contribution in [2.75, 3.05) is 19.0 Å². The van der Waals surface area contributed by atoms with Gasteiger partial charge >= 0.3 is 5.97 Å². The molecular weight excluding hydrogens is 412 g/mol. The molecule has 1 aliphatic heterocycles. The number of nitrogens with zero attached hydrogens (tertiary/aromatic N) is 1. The highest BCUT2D eigenvalue weighted by Gasteiger charge is 2.38. The second-order valence-corrected chi connectivity index (χ2v) is 7.99. The minimum Gasteiger partial charge on any atom is -0.493 e. The Morgan fingerprint density at radius 1 is 1.22 bits per heavy atom. The number of carbonyl (C=O) groups is 3. The Balaban J connectivity index is 1.67. The standard InChI is InChI=1S/C24H26N2O6/c1-3-32-20-11-15(9-10-19(20)31-2)18(12-21(27)28)26-13-16-5-4-6-17(22(16)24(26)30)25-23(29)14-7-8-14/h4-6,9-11,14,18H,3,7-8,12-13H2,1-2H3,(H,25,29)(H,27,28). The third-order valence-electron chi connectivity index (χ3n) is 5.79. The molecule has 1 heterocycles. The van der Waals surface area contributed by atoms with E-state index in [-0.39, 0.29) is 30.7 Å². The molecular formula is C24H26N2O6. The van der Waals surface area contributed by atoms with Crippen LogP contribution in [0.1, 0.15) is 53.7 Å². The average Bonchev–Trinajstić information content (AvgIpc) is 3.56. The maximum absolute atomic E-state index is 13.4. The first-order chi connectivity index (χ1) is 15.4. The maximum atomic E-state index is 13.4. The predicted octanol–water partition coefficient (Wildman–Crippen LogP) is 3.61. The van der Waals surface area contributed by atoms with Gasteiger partial charge in [-0.15, -0.1) is 0 Å². The van der Waals surface area contributed by atoms with Crippen molar-refractivity contribution in [3.8, 4) is 11.5 Å². The maximum Gasteiger partial charge on any atom is 0.305 e. The van der Waals surface area contributed by atoms with Crippen LogP contribution < -0.4 is 14.8 Å². The number of aliphatic carboxylic acids is 1. The normalized spacial score (nSPS) is 15.8. The molecule has 2 aromatic rings. The summed E-state index contributed by atoms with van der Waals surface area (Å²) < 4.78 is 11.0. The number of amides is 2. The molecule has 1 aliphatic carbocycles. The zero-order valence-corrected chi connectivity index (χ0v) is 18.1. The van der Waals surface area contributed by atoms with Gasteiger partial charge in [0, 0.05) is 12.5 Å². The first-order valence-corrected chi connectivity index (χ1v) is 10.7. The van der Waals surface area contributed by atoms with Crippen molar-refractivity contribution in [1.82, 2.24) is 4.90 Å². The number of carboxylic acid groups (broad SMARTS) is 1. The number of nitrogens with one attached hydrogen (secondary N) is 1. The Bertz CT molecular complexity index is 1060. The summed E-state index contributed by atoms with van der Waals surface area (Å²) in [6.45, 7) is 2.52. The quantitative estimate of drug-likeness (QED) is 0.620. The van der Waals surface area contributed by atoms with Gasteiger partial charge in [-0.2, -0.15) is 0 Å². The van der Waals surface area contributed by atoms with E-state index in [0.29, 0.717) is 34.9 Å². The van der Waals surface area contributed by atoms with Crippen LogP contribution in [0.2, 0.25) is 0 Å². The minimum atomic E-state index is -1.02. The van der Waals surface area contributed by atoms with E-state index in [9.17, 15) is 19.5 Å². The third kappa shape index (κ3) is 4.26. The number of benzene rings is 2. The van der Waals surface area contributed by atoms with Gasteiger partial charge in [-0.25, -0.2) is 0 Å². The summed E-state index contributed by atoms with van der Waals surface area (Å²) in [5.41, 5.74) is 2.31. The van der Waals surface area contributed by atoms with Crippen LogP contribution in [0.3, 0.4) is 0 Å². The average molecular weight is 438 g/mol. The van der Waals surface area contributed by atoms with Crippen molar-refractivity contribution in [2.24, 2.45) is 5.92 Å². The zero-order chi connectivity index (χ0) is 22.8. The van der Waals surface area contributed by atoms with Gasteiger partial charge in [0.2, 0.25) is 5.91 Å². The van der Waals surface area contributed by atoms with Crippen molar-refractivity contribution >= 4 is 23.5 Å². The van der Waals surface area contributed by atoms with E-state index in [1.54, 1.807) is 35.2 Å². The van der Waals surface area contributed by atoms with Crippen LogP contribution in [-0.4, -0.2) is 41.5 Å². The fourth-order valence-corrected chi connectivity index (χ4v) is 4.06. The molecule has 8 nitrogen and oxygen atoms in total. The van der Waals surface area contributed by atoms with E-state index in [1.807, 2.05) is 13.0 Å². The Kier molecular flexibility index (Phi) is 6.03. The molecule has 0 saturated heterocycles. The lowest BCUT2D eigenvalue weighted by Gasteiger charge is -2.28.